The first-order valence-electron chi connectivity index (χ1n) is 14.4. The number of imidazole rings is 2. The Balaban J connectivity index is 1.39. The first-order chi connectivity index (χ1) is 21.3. The first-order valence-corrected chi connectivity index (χ1v) is 14.4. The van der Waals surface area contributed by atoms with Gasteiger partial charge >= 0.3 is 0 Å². The third kappa shape index (κ3) is 3.05. The molecule has 0 unspecified atom stereocenters. The molecule has 0 saturated heterocycles. The van der Waals surface area contributed by atoms with E-state index in [0.717, 1.165) is 88.2 Å². The summed E-state index contributed by atoms with van der Waals surface area (Å²) in [5, 5.41) is 4.55. The van der Waals surface area contributed by atoms with Crippen LogP contribution >= 0.6 is 0 Å². The van der Waals surface area contributed by atoms with Crippen molar-refractivity contribution in [2.24, 2.45) is 0 Å². The van der Waals surface area contributed by atoms with Crippen molar-refractivity contribution < 1.29 is 4.42 Å². The van der Waals surface area contributed by atoms with E-state index in [0.29, 0.717) is 0 Å². The normalized spacial score (nSPS) is 12.2. The van der Waals surface area contributed by atoms with Gasteiger partial charge in [-0.3, -0.25) is 8.80 Å². The molecular formula is C38H22N4O. The number of fused-ring (bicyclic) bond motifs is 15. The van der Waals surface area contributed by atoms with Gasteiger partial charge in [-0.1, -0.05) is 91.0 Å². The predicted molar refractivity (Wildman–Crippen MR) is 175 cm³/mol. The maximum absolute atomic E-state index is 6.39. The van der Waals surface area contributed by atoms with E-state index in [1.54, 1.807) is 0 Å². The Kier molecular flexibility index (Phi) is 4.39. The molecule has 4 heterocycles. The van der Waals surface area contributed by atoms with Gasteiger partial charge in [0.05, 0.1) is 33.1 Å². The minimum atomic E-state index is 0.812. The van der Waals surface area contributed by atoms with E-state index < -0.39 is 0 Å². The molecule has 0 aliphatic carbocycles. The Morgan fingerprint density at radius 2 is 1.02 bits per heavy atom. The van der Waals surface area contributed by atoms with Crippen molar-refractivity contribution in [1.82, 2.24) is 18.8 Å². The van der Waals surface area contributed by atoms with Crippen molar-refractivity contribution in [3.05, 3.63) is 133 Å². The number of hydrogen-bond donors (Lipinski definition) is 0. The van der Waals surface area contributed by atoms with Gasteiger partial charge in [0, 0.05) is 27.1 Å². The minimum absolute atomic E-state index is 0.812. The van der Waals surface area contributed by atoms with E-state index in [2.05, 4.69) is 124 Å². The highest BCUT2D eigenvalue weighted by Gasteiger charge is 2.18. The third-order valence-electron chi connectivity index (χ3n) is 8.71. The molecule has 10 aromatic rings. The van der Waals surface area contributed by atoms with Gasteiger partial charge < -0.3 is 4.42 Å². The molecule has 5 heteroatoms. The maximum Gasteiger partial charge on any atom is 0.182 e. The van der Waals surface area contributed by atoms with Crippen molar-refractivity contribution in [3.8, 4) is 11.1 Å². The number of aromatic nitrogens is 4. The second kappa shape index (κ2) is 8.30. The zero-order chi connectivity index (χ0) is 28.1. The van der Waals surface area contributed by atoms with Crippen molar-refractivity contribution in [3.63, 3.8) is 0 Å². The van der Waals surface area contributed by atoms with Gasteiger partial charge in [0.2, 0.25) is 0 Å². The molecular weight excluding hydrogens is 528 g/mol. The molecule has 0 bridgehead atoms. The van der Waals surface area contributed by atoms with E-state index in [1.807, 2.05) is 18.2 Å². The van der Waals surface area contributed by atoms with E-state index in [9.17, 15) is 0 Å². The Hall–Kier alpha value is -5.94. The lowest BCUT2D eigenvalue weighted by atomic mass is 10.0. The van der Waals surface area contributed by atoms with E-state index in [4.69, 9.17) is 14.4 Å². The summed E-state index contributed by atoms with van der Waals surface area (Å²) in [5.74, 6) is 0. The Morgan fingerprint density at radius 1 is 0.442 bits per heavy atom. The topological polar surface area (TPSA) is 47.7 Å². The van der Waals surface area contributed by atoms with Crippen molar-refractivity contribution >= 4 is 77.1 Å². The Bertz CT molecular complexity index is 2800. The number of furan rings is 1. The molecule has 43 heavy (non-hydrogen) atoms. The lowest BCUT2D eigenvalue weighted by Gasteiger charge is -2.08. The molecule has 0 radical (unpaired) electrons. The first kappa shape index (κ1) is 22.7. The molecule has 0 saturated carbocycles. The number of benzene rings is 6. The molecule has 0 aliphatic rings. The summed E-state index contributed by atoms with van der Waals surface area (Å²) in [6.07, 6.45) is 0. The van der Waals surface area contributed by atoms with E-state index in [1.165, 1.54) is 0 Å². The molecule has 0 N–H and O–H groups in total. The van der Waals surface area contributed by atoms with Crippen LogP contribution in [0.3, 0.4) is 0 Å². The predicted octanol–water partition coefficient (Wildman–Crippen LogP) is 9.72. The minimum Gasteiger partial charge on any atom is -0.455 e. The zero-order valence-corrected chi connectivity index (χ0v) is 22.9. The van der Waals surface area contributed by atoms with Gasteiger partial charge in [0.15, 0.2) is 11.3 Å². The summed E-state index contributed by atoms with van der Waals surface area (Å²) in [6.45, 7) is 0. The van der Waals surface area contributed by atoms with Crippen LogP contribution in [0, 0.1) is 0 Å². The fourth-order valence-corrected chi connectivity index (χ4v) is 6.83. The van der Waals surface area contributed by atoms with Gasteiger partial charge in [0.1, 0.15) is 11.2 Å². The maximum atomic E-state index is 6.39. The molecule has 0 spiro atoms. The smallest absolute Gasteiger partial charge is 0.182 e. The van der Waals surface area contributed by atoms with Crippen LogP contribution in [0.2, 0.25) is 0 Å². The van der Waals surface area contributed by atoms with Gasteiger partial charge in [-0.2, -0.15) is 0 Å². The van der Waals surface area contributed by atoms with Gasteiger partial charge in [-0.15, -0.1) is 0 Å². The summed E-state index contributed by atoms with van der Waals surface area (Å²) in [5.41, 5.74) is 11.6. The summed E-state index contributed by atoms with van der Waals surface area (Å²) in [4.78, 5) is 10.5. The number of para-hydroxylation sites is 6. The monoisotopic (exact) mass is 550 g/mol. The number of nitrogens with zero attached hydrogens (tertiary/aromatic N) is 4. The second-order valence-electron chi connectivity index (χ2n) is 11.0. The molecule has 0 amide bonds. The molecule has 4 aromatic heterocycles. The summed E-state index contributed by atoms with van der Waals surface area (Å²) >= 11 is 0. The van der Waals surface area contributed by atoms with Crippen LogP contribution in [0.4, 0.5) is 0 Å². The van der Waals surface area contributed by atoms with Crippen LogP contribution in [-0.2, 0) is 0 Å². The highest BCUT2D eigenvalue weighted by Crippen LogP contribution is 2.37. The third-order valence-corrected chi connectivity index (χ3v) is 8.71. The Morgan fingerprint density at radius 3 is 1.79 bits per heavy atom. The quantitative estimate of drug-likeness (QED) is 0.204. The molecule has 5 nitrogen and oxygen atoms in total. The van der Waals surface area contributed by atoms with Crippen LogP contribution in [0.15, 0.2) is 138 Å². The van der Waals surface area contributed by atoms with Crippen LogP contribution in [0.25, 0.3) is 88.2 Å². The summed E-state index contributed by atoms with van der Waals surface area (Å²) in [7, 11) is 0. The van der Waals surface area contributed by atoms with E-state index >= 15 is 0 Å². The van der Waals surface area contributed by atoms with Crippen LogP contribution in [-0.4, -0.2) is 18.8 Å². The molecule has 10 rings (SSSR count). The van der Waals surface area contributed by atoms with Crippen molar-refractivity contribution in [1.29, 1.82) is 0 Å². The highest BCUT2D eigenvalue weighted by molar-refractivity contribution is 6.11. The van der Waals surface area contributed by atoms with Crippen molar-refractivity contribution in [2.45, 2.75) is 0 Å². The fourth-order valence-electron chi connectivity index (χ4n) is 6.83. The second-order valence-corrected chi connectivity index (χ2v) is 11.0. The standard InChI is InChI=1S/C38H22N4O/c1-5-16-31-25(10-1)26-11-2-6-17-32(26)42-34-21-20-23(24-13-9-14-28-27-12-3-8-19-35(27)43-36(24)28)22-30(34)40-38(42)37-39-29-15-4-7-18-33(29)41(31)37/h1-22H. The lowest BCUT2D eigenvalue weighted by Crippen LogP contribution is -1.94. The summed E-state index contributed by atoms with van der Waals surface area (Å²) < 4.78 is 10.9. The largest absolute Gasteiger partial charge is 0.455 e. The summed E-state index contributed by atoms with van der Waals surface area (Å²) in [6, 6.07) is 46.6. The highest BCUT2D eigenvalue weighted by atomic mass is 16.3. The van der Waals surface area contributed by atoms with Gasteiger partial charge in [-0.25, -0.2) is 9.97 Å². The number of hydrogen-bond acceptors (Lipinski definition) is 3. The van der Waals surface area contributed by atoms with Crippen LogP contribution in [0.1, 0.15) is 0 Å². The van der Waals surface area contributed by atoms with E-state index in [-0.39, 0.29) is 0 Å². The SMILES string of the molecule is c1ccc2c(c1)nc1c3nc4cc(-c5cccc6c5oc5ccccc56)ccc4n3c3ccccc3c3ccccc3n21. The molecule has 0 aliphatic heterocycles. The molecule has 0 atom stereocenters. The van der Waals surface area contributed by atoms with Crippen LogP contribution < -0.4 is 0 Å². The fraction of sp³-hybridized carbons (Fsp3) is 0. The molecule has 200 valence electrons. The Labute approximate surface area is 244 Å². The van der Waals surface area contributed by atoms with Crippen LogP contribution in [0.5, 0.6) is 0 Å². The van der Waals surface area contributed by atoms with Gasteiger partial charge in [-0.05, 0) is 48.0 Å². The number of rotatable bonds is 1. The lowest BCUT2D eigenvalue weighted by molar-refractivity contribution is 0.670. The zero-order valence-electron chi connectivity index (χ0n) is 22.9. The van der Waals surface area contributed by atoms with Gasteiger partial charge in [0.25, 0.3) is 0 Å². The van der Waals surface area contributed by atoms with Crippen molar-refractivity contribution in [2.75, 3.05) is 0 Å². The average molecular weight is 551 g/mol. The molecule has 0 fully saturated rings. The molecule has 6 aromatic carbocycles. The average Bonchev–Trinajstić information content (AvgIpc) is 3.75.